The van der Waals surface area contributed by atoms with E-state index >= 15 is 0 Å². The number of aromatic nitrogens is 15. The maximum Gasteiger partial charge on any atom is 2.00 e. The van der Waals surface area contributed by atoms with Gasteiger partial charge in [-0.05, 0) is 91.6 Å². The molecule has 0 aliphatic heterocycles. The predicted molar refractivity (Wildman–Crippen MR) is 349 cm³/mol. The van der Waals surface area contributed by atoms with Crippen LogP contribution in [0.3, 0.4) is 0 Å². The smallest absolute Gasteiger partial charge is 1.00 e. The largest absolute Gasteiger partial charge is 2.00 e. The first-order valence-corrected chi connectivity index (χ1v) is 30.6. The van der Waals surface area contributed by atoms with Crippen molar-refractivity contribution in [2.75, 3.05) is 13.2 Å². The molecule has 0 radical (unpaired) electrons. The van der Waals surface area contributed by atoms with Crippen molar-refractivity contribution in [1.29, 1.82) is 0 Å². The summed E-state index contributed by atoms with van der Waals surface area (Å²) in [6, 6.07) is 25.2. The summed E-state index contributed by atoms with van der Waals surface area (Å²) in [7, 11) is 5.48. The molecule has 9 heterocycles. The average molecular weight is 1430 g/mol. The van der Waals surface area contributed by atoms with Crippen molar-refractivity contribution >= 4 is 112 Å². The minimum absolute atomic E-state index is 0. The number of hydrogen-bond acceptors (Lipinski definition) is 14. The van der Waals surface area contributed by atoms with Crippen LogP contribution in [-0.4, -0.2) is 129 Å². The van der Waals surface area contributed by atoms with E-state index in [1.807, 2.05) is 63.0 Å². The van der Waals surface area contributed by atoms with Gasteiger partial charge in [0, 0.05) is 80.5 Å². The first kappa shape index (κ1) is 72.6. The van der Waals surface area contributed by atoms with E-state index in [9.17, 15) is 45.5 Å². The van der Waals surface area contributed by atoms with Gasteiger partial charge in [0.2, 0.25) is 23.7 Å². The molecule has 9 aromatic heterocycles. The normalized spacial score (nSPS) is 13.2. The fourth-order valence-electron chi connectivity index (χ4n) is 10.6. The fourth-order valence-corrected chi connectivity index (χ4v) is 11.1. The zero-order valence-corrected chi connectivity index (χ0v) is 56.3. The van der Waals surface area contributed by atoms with Crippen LogP contribution in [0.25, 0.3) is 82.9 Å². The summed E-state index contributed by atoms with van der Waals surface area (Å²) in [4.78, 5) is 61.2. The molecular weight excluding hydrogens is 1360 g/mol. The second-order valence-electron chi connectivity index (χ2n) is 21.9. The van der Waals surface area contributed by atoms with Gasteiger partial charge in [0.1, 0.15) is 37.6 Å². The van der Waals surface area contributed by atoms with Crippen molar-refractivity contribution in [1.82, 2.24) is 73.6 Å². The molecule has 0 amide bonds. The number of alkyl halides is 6. The Kier molecular flexibility index (Phi) is 25.2. The number of H-pyrrole nitrogens is 1. The second-order valence-corrected chi connectivity index (χ2v) is 22.7. The number of rotatable bonds is 11. The van der Waals surface area contributed by atoms with Gasteiger partial charge in [-0.1, -0.05) is 68.7 Å². The molecule has 31 heteroatoms. The van der Waals surface area contributed by atoms with Crippen molar-refractivity contribution in [3.63, 3.8) is 0 Å². The van der Waals surface area contributed by atoms with Crippen molar-refractivity contribution in [2.45, 2.75) is 103 Å². The molecule has 1 N–H and O–H groups in total. The molecule has 14 rings (SSSR count). The molecule has 0 spiro atoms. The van der Waals surface area contributed by atoms with Gasteiger partial charge in [-0.2, -0.15) is 57.5 Å². The molecule has 0 atom stereocenters. The molecule has 95 heavy (non-hydrogen) atoms. The van der Waals surface area contributed by atoms with E-state index in [1.54, 1.807) is 51.4 Å². The number of aryl methyl sites for hydroxylation is 3. The van der Waals surface area contributed by atoms with Crippen molar-refractivity contribution in [3.05, 3.63) is 173 Å². The zero-order chi connectivity index (χ0) is 66.0. The second kappa shape index (κ2) is 32.9. The van der Waals surface area contributed by atoms with Crippen LogP contribution >= 0.6 is 23.2 Å². The fraction of sp³-hybridized carbons (Fsp3) is 0.328. The number of fused-ring (bicyclic) bond motifs is 6. The number of hydrogen-bond donors (Lipinski definition) is 1. The number of nitrogens with zero attached hydrogens (tertiary/aromatic N) is 14. The van der Waals surface area contributed by atoms with Crippen LogP contribution in [0.1, 0.15) is 89.0 Å². The van der Waals surface area contributed by atoms with Gasteiger partial charge in [-0.25, -0.2) is 36.3 Å². The molecule has 12 aromatic rings. The number of ether oxygens (including phenoxy) is 2. The Morgan fingerprint density at radius 1 is 0.516 bits per heavy atom. The van der Waals surface area contributed by atoms with E-state index in [4.69, 9.17) is 32.7 Å². The molecule has 3 aromatic carbocycles. The maximum absolute atomic E-state index is 13.7. The Morgan fingerprint density at radius 2 is 0.916 bits per heavy atom. The van der Waals surface area contributed by atoms with E-state index in [0.717, 1.165) is 64.8 Å². The maximum atomic E-state index is 13.7. The Hall–Kier alpha value is -8.25. The minimum Gasteiger partial charge on any atom is -1.00 e. The summed E-state index contributed by atoms with van der Waals surface area (Å²) in [6.45, 7) is -0.0939. The number of benzene rings is 3. The van der Waals surface area contributed by atoms with E-state index in [-0.39, 0.29) is 96.3 Å². The molecule has 2 saturated carbocycles. The molecule has 21 nitrogen and oxygen atoms in total. The van der Waals surface area contributed by atoms with Crippen molar-refractivity contribution in [2.24, 2.45) is 21.1 Å². The summed E-state index contributed by atoms with van der Waals surface area (Å²) in [5.41, 5.74) is 5.17. The molecule has 0 unspecified atom stereocenters. The Balaban J connectivity index is 0.000000168. The summed E-state index contributed by atoms with van der Waals surface area (Å²) < 4.78 is 90.2. The zero-order valence-electron chi connectivity index (χ0n) is 51.8. The molecule has 2 aliphatic carbocycles. The van der Waals surface area contributed by atoms with Crippen molar-refractivity contribution < 1.29 is 52.8 Å². The topological polar surface area (TPSA) is 235 Å². The number of pyridine rings is 3. The first-order chi connectivity index (χ1) is 44.7. The van der Waals surface area contributed by atoms with Crippen LogP contribution in [-0.2, 0) is 21.1 Å². The van der Waals surface area contributed by atoms with Gasteiger partial charge in [-0.3, -0.25) is 33.2 Å². The number of aromatic amines is 1. The van der Waals surface area contributed by atoms with E-state index < -0.39 is 43.6 Å². The van der Waals surface area contributed by atoms with Gasteiger partial charge in [0.05, 0.1) is 44.7 Å². The molecule has 2 aliphatic rings. The quantitative estimate of drug-likeness (QED) is 0.0722. The van der Waals surface area contributed by atoms with Crippen LogP contribution < -0.4 is 48.7 Å². The summed E-state index contributed by atoms with van der Waals surface area (Å²) in [5.74, 6) is 0.0685. The van der Waals surface area contributed by atoms with Gasteiger partial charge < -0.3 is 37.9 Å². The molecule has 0 saturated heterocycles. The Labute approximate surface area is 573 Å². The summed E-state index contributed by atoms with van der Waals surface area (Å²) >= 11 is 12.3. The predicted octanol–water partition coefficient (Wildman–Crippen LogP) is 9.38. The third-order valence-electron chi connectivity index (χ3n) is 15.0. The van der Waals surface area contributed by atoms with Gasteiger partial charge >= 0.3 is 23.1 Å². The van der Waals surface area contributed by atoms with Gasteiger partial charge in [-0.15, -0.1) is 0 Å². The summed E-state index contributed by atoms with van der Waals surface area (Å²) in [6.07, 6.45) is 12.7. The Bertz CT molecular complexity index is 4890. The first-order valence-electron chi connectivity index (χ1n) is 29.8. The van der Waals surface area contributed by atoms with Crippen LogP contribution in [0.4, 0.5) is 26.3 Å². The number of halogens is 9. The minimum atomic E-state index is -2.63. The number of nitrogens with one attached hydrogen (secondary N) is 1. The van der Waals surface area contributed by atoms with Crippen molar-refractivity contribution in [3.8, 4) is 28.8 Å². The third kappa shape index (κ3) is 17.8. The molecule has 494 valence electrons. The monoisotopic (exact) mass is 1420 g/mol. The molecule has 0 bridgehead atoms. The van der Waals surface area contributed by atoms with Crippen LogP contribution in [0.2, 0.25) is 10.0 Å². The van der Waals surface area contributed by atoms with Gasteiger partial charge in [0.15, 0.2) is 13.2 Å². The van der Waals surface area contributed by atoms with Gasteiger partial charge in [0.25, 0.3) is 29.5 Å². The van der Waals surface area contributed by atoms with E-state index in [0.29, 0.717) is 44.7 Å². The summed E-state index contributed by atoms with van der Waals surface area (Å²) in [5, 5.41) is 28.5. The molecular formula is C64H62BrCl2F6MgN15O6. The van der Waals surface area contributed by atoms with Crippen LogP contribution in [0, 0.1) is 6.42 Å². The Morgan fingerprint density at radius 3 is 1.35 bits per heavy atom. The van der Waals surface area contributed by atoms with E-state index in [2.05, 4.69) is 52.0 Å². The van der Waals surface area contributed by atoms with Crippen LogP contribution in [0.15, 0.2) is 129 Å². The van der Waals surface area contributed by atoms with Crippen LogP contribution in [0.5, 0.6) is 11.8 Å². The molecule has 2 fully saturated rings. The van der Waals surface area contributed by atoms with E-state index in [1.165, 1.54) is 83.4 Å². The third-order valence-corrected chi connectivity index (χ3v) is 15.7. The standard InChI is InChI=1S/C23H23F2N5O2.C17H12ClF2N5O2.C15H10ClN5O2.C6H11.C3H6F2.BrH.Mg/c1-29-12-15-11-16(7-8-17(15)27-29)30-23(31)21(14-5-3-2-4-6-14)22-18(28-30)9-10-20(26-22)32-13-19(24)25;1-24-7-9-6-10(2-3-11(9)22-24)25-17(26)15(18)16-12(23-25)4-5-14(21-16)27-8-13(19)20;1-20-7-8-6-9(2-3-10(8)18-20)21-15(23)13(16)14-11(19-21)4-5-12(22)17-14;1-2-4-6-5-3-1;1-2-3(4)5;;/h7-12,14,19H,2-6,13H2,1H3;2-7,13H,8H2,1H3;2-7H,1H3,(H,17,22);1H,2-6H2;3H,2H2,1H3;1H;/q;;;-1;;;+2/p-1. The average Bonchev–Trinajstić information content (AvgIpc) is 1.12. The SMILES string of the molecule is CCC(F)F.Cn1cc2cc(-n3nc4ccc(=O)[nH]c4c(Cl)c3=O)ccc2n1.Cn1cc2cc(-n3nc4ccc(OCC(F)F)nc4c(C4CCCCC4)c3=O)ccc2n1.Cn1cc2cc(-n3nc4ccc(OCC(F)F)nc4c(Cl)c3=O)ccc2n1.[Br-].[CH-]1CCCCC1.[Mg+2].